The summed E-state index contributed by atoms with van der Waals surface area (Å²) in [5, 5.41) is 16.8. The van der Waals surface area contributed by atoms with Gasteiger partial charge in [-0.05, 0) is 71.6 Å². The summed E-state index contributed by atoms with van der Waals surface area (Å²) in [6, 6.07) is -2.81. The van der Waals surface area contributed by atoms with Crippen molar-refractivity contribution in [3.8, 4) is 0 Å². The van der Waals surface area contributed by atoms with E-state index in [1.54, 1.807) is 4.90 Å². The molecule has 206 valence electrons. The van der Waals surface area contributed by atoms with Crippen molar-refractivity contribution in [2.75, 3.05) is 6.54 Å². The van der Waals surface area contributed by atoms with Gasteiger partial charge in [0.15, 0.2) is 5.78 Å². The van der Waals surface area contributed by atoms with Crippen molar-refractivity contribution in [1.82, 2.24) is 20.9 Å². The molecule has 1 aliphatic heterocycles. The molecular formula is C28H45N5O4. The third-order valence-corrected chi connectivity index (χ3v) is 7.65. The van der Waals surface area contributed by atoms with E-state index < -0.39 is 35.1 Å². The van der Waals surface area contributed by atoms with E-state index in [0.717, 1.165) is 18.4 Å². The Morgan fingerprint density at radius 2 is 1.70 bits per heavy atom. The maximum atomic E-state index is 13.9. The van der Waals surface area contributed by atoms with E-state index in [-0.39, 0.29) is 41.1 Å². The van der Waals surface area contributed by atoms with E-state index in [1.165, 1.54) is 0 Å². The van der Waals surface area contributed by atoms with Gasteiger partial charge in [-0.1, -0.05) is 32.4 Å². The predicted octanol–water partition coefficient (Wildman–Crippen LogP) is 3.19. The van der Waals surface area contributed by atoms with Gasteiger partial charge in [-0.2, -0.15) is 0 Å². The number of carbonyl (C=O) groups is 4. The summed E-state index contributed by atoms with van der Waals surface area (Å²) in [5.41, 5.74) is 0.0879. The maximum Gasteiger partial charge on any atom is 0.315 e. The van der Waals surface area contributed by atoms with E-state index in [4.69, 9.17) is 5.41 Å². The van der Waals surface area contributed by atoms with Gasteiger partial charge in [-0.15, -0.1) is 0 Å². The van der Waals surface area contributed by atoms with Crippen LogP contribution in [0.25, 0.3) is 0 Å². The highest BCUT2D eigenvalue weighted by atomic mass is 16.2. The van der Waals surface area contributed by atoms with E-state index in [1.807, 2.05) is 61.5 Å². The summed E-state index contributed by atoms with van der Waals surface area (Å²) < 4.78 is 0. The van der Waals surface area contributed by atoms with Crippen molar-refractivity contribution in [2.45, 2.75) is 105 Å². The van der Waals surface area contributed by atoms with Crippen LogP contribution in [0.4, 0.5) is 4.79 Å². The number of nitrogens with one attached hydrogen (secondary N) is 4. The quantitative estimate of drug-likeness (QED) is 0.419. The van der Waals surface area contributed by atoms with Crippen LogP contribution >= 0.6 is 0 Å². The second-order valence-electron chi connectivity index (χ2n) is 13.3. The summed E-state index contributed by atoms with van der Waals surface area (Å²) in [4.78, 5) is 54.7. The SMILES string of the molecule is CC(C)=CC1CCN(C(=O)C(NC(=O)NC(C)(C)C)C(C)(C)C)C1C(=O)NC1CC2CCC2C(=N)C1=O. The smallest absolute Gasteiger partial charge is 0.315 e. The Balaban J connectivity index is 1.84. The molecule has 9 heteroatoms. The molecule has 0 aromatic heterocycles. The Morgan fingerprint density at radius 3 is 2.22 bits per heavy atom. The molecule has 3 fully saturated rings. The molecule has 0 radical (unpaired) electrons. The first-order chi connectivity index (χ1) is 17.0. The second kappa shape index (κ2) is 10.6. The molecular weight excluding hydrogens is 470 g/mol. The fourth-order valence-electron chi connectivity index (χ4n) is 5.72. The number of hydrogen-bond donors (Lipinski definition) is 4. The van der Waals surface area contributed by atoms with Gasteiger partial charge in [0.1, 0.15) is 12.1 Å². The lowest BCUT2D eigenvalue weighted by Crippen LogP contribution is -2.62. The third-order valence-electron chi connectivity index (χ3n) is 7.65. The highest BCUT2D eigenvalue weighted by Crippen LogP contribution is 2.42. The number of rotatable bonds is 5. The van der Waals surface area contributed by atoms with Crippen molar-refractivity contribution in [3.63, 3.8) is 0 Å². The number of urea groups is 1. The molecule has 3 rings (SSSR count). The number of Topliss-reactive ketones (excluding diaryl/α,β-unsaturated/α-hetero) is 1. The highest BCUT2D eigenvalue weighted by molar-refractivity contribution is 6.42. The Morgan fingerprint density at radius 1 is 1.05 bits per heavy atom. The molecule has 0 aromatic carbocycles. The van der Waals surface area contributed by atoms with Gasteiger partial charge in [0.25, 0.3) is 0 Å². The summed E-state index contributed by atoms with van der Waals surface area (Å²) in [6.07, 6.45) is 5.00. The zero-order valence-electron chi connectivity index (χ0n) is 23.7. The lowest BCUT2D eigenvalue weighted by atomic mass is 9.63. The largest absolute Gasteiger partial charge is 0.344 e. The standard InChI is InChI=1S/C28H45N5O4/c1-15(2)13-17-11-12-33(25(36)23(27(3,4)5)31-26(37)32-28(6,7)8)21(17)24(35)30-19-14-16-9-10-18(16)20(29)22(19)34/h13,16-19,21,23,29H,9-12,14H2,1-8H3,(H,30,35)(H2,31,32,37). The van der Waals surface area contributed by atoms with Crippen LogP contribution in [0.1, 0.15) is 81.1 Å². The third kappa shape index (κ3) is 6.60. The molecule has 1 saturated heterocycles. The molecule has 4 N–H and O–H groups in total. The molecule has 1 heterocycles. The van der Waals surface area contributed by atoms with Crippen LogP contribution in [0.3, 0.4) is 0 Å². The summed E-state index contributed by atoms with van der Waals surface area (Å²) >= 11 is 0. The number of amides is 4. The fraction of sp³-hybridized carbons (Fsp3) is 0.750. The molecule has 4 amide bonds. The maximum absolute atomic E-state index is 13.9. The Kier molecular flexibility index (Phi) is 8.25. The normalized spacial score (nSPS) is 28.5. The summed E-state index contributed by atoms with van der Waals surface area (Å²) in [6.45, 7) is 15.5. The number of allylic oxidation sites excluding steroid dienone is 1. The number of likely N-dealkylation sites (tertiary alicyclic amines) is 1. The van der Waals surface area contributed by atoms with Crippen LogP contribution < -0.4 is 16.0 Å². The Bertz CT molecular complexity index is 986. The van der Waals surface area contributed by atoms with Crippen LogP contribution in [-0.2, 0) is 14.4 Å². The van der Waals surface area contributed by atoms with Crippen LogP contribution in [0.15, 0.2) is 11.6 Å². The van der Waals surface area contributed by atoms with Crippen LogP contribution in [0, 0.1) is 28.6 Å². The van der Waals surface area contributed by atoms with Gasteiger partial charge in [0.2, 0.25) is 11.8 Å². The van der Waals surface area contributed by atoms with Crippen molar-refractivity contribution < 1.29 is 19.2 Å². The minimum Gasteiger partial charge on any atom is -0.344 e. The van der Waals surface area contributed by atoms with Gasteiger partial charge in [-0.3, -0.25) is 14.4 Å². The zero-order valence-corrected chi connectivity index (χ0v) is 23.7. The number of ketones is 1. The lowest BCUT2D eigenvalue weighted by Gasteiger charge is -2.43. The van der Waals surface area contributed by atoms with Crippen LogP contribution in [-0.4, -0.2) is 64.4 Å². The average Bonchev–Trinajstić information content (AvgIpc) is 3.12. The number of hydrogen-bond acceptors (Lipinski definition) is 5. The van der Waals surface area contributed by atoms with E-state index >= 15 is 0 Å². The zero-order chi connectivity index (χ0) is 27.9. The first-order valence-corrected chi connectivity index (χ1v) is 13.5. The minimum absolute atomic E-state index is 0.0292. The van der Waals surface area contributed by atoms with E-state index in [2.05, 4.69) is 16.0 Å². The van der Waals surface area contributed by atoms with E-state index in [9.17, 15) is 19.2 Å². The fourth-order valence-corrected chi connectivity index (χ4v) is 5.72. The Labute approximate surface area is 221 Å². The molecule has 0 bridgehead atoms. The van der Waals surface area contributed by atoms with Crippen molar-refractivity contribution in [2.24, 2.45) is 23.2 Å². The van der Waals surface area contributed by atoms with E-state index in [0.29, 0.717) is 19.4 Å². The summed E-state index contributed by atoms with van der Waals surface area (Å²) in [7, 11) is 0. The lowest BCUT2D eigenvalue weighted by molar-refractivity contribution is -0.143. The Hall–Kier alpha value is -2.71. The topological polar surface area (TPSA) is 131 Å². The van der Waals surface area contributed by atoms with Gasteiger partial charge in [-0.25, -0.2) is 4.79 Å². The monoisotopic (exact) mass is 515 g/mol. The molecule has 6 unspecified atom stereocenters. The van der Waals surface area contributed by atoms with Crippen molar-refractivity contribution in [3.05, 3.63) is 11.6 Å². The van der Waals surface area contributed by atoms with Crippen LogP contribution in [0.5, 0.6) is 0 Å². The number of carbonyl (C=O) groups excluding carboxylic acids is 4. The van der Waals surface area contributed by atoms with Gasteiger partial charge in [0, 0.05) is 23.9 Å². The first kappa shape index (κ1) is 28.9. The molecule has 3 aliphatic rings. The average molecular weight is 516 g/mol. The molecule has 0 aromatic rings. The first-order valence-electron chi connectivity index (χ1n) is 13.5. The van der Waals surface area contributed by atoms with Gasteiger partial charge >= 0.3 is 6.03 Å². The molecule has 0 spiro atoms. The predicted molar refractivity (Wildman–Crippen MR) is 143 cm³/mol. The van der Waals surface area contributed by atoms with Gasteiger partial charge in [0.05, 0.1) is 11.8 Å². The second-order valence-corrected chi connectivity index (χ2v) is 13.3. The number of fused-ring (bicyclic) bond motifs is 1. The molecule has 6 atom stereocenters. The number of nitrogens with zero attached hydrogens (tertiary/aromatic N) is 1. The molecule has 2 aliphatic carbocycles. The van der Waals surface area contributed by atoms with Crippen molar-refractivity contribution >= 4 is 29.3 Å². The van der Waals surface area contributed by atoms with Crippen molar-refractivity contribution in [1.29, 1.82) is 5.41 Å². The molecule has 37 heavy (non-hydrogen) atoms. The minimum atomic E-state index is -0.851. The van der Waals surface area contributed by atoms with Crippen LogP contribution in [0.2, 0.25) is 0 Å². The molecule has 9 nitrogen and oxygen atoms in total. The highest BCUT2D eigenvalue weighted by Gasteiger charge is 2.49. The summed E-state index contributed by atoms with van der Waals surface area (Å²) in [5.74, 6) is -0.903. The van der Waals surface area contributed by atoms with Gasteiger partial charge < -0.3 is 26.3 Å². The molecule has 2 saturated carbocycles.